The van der Waals surface area contributed by atoms with Gasteiger partial charge in [-0.25, -0.2) is 4.79 Å². The molecule has 1 aromatic carbocycles. The first kappa shape index (κ1) is 17.1. The zero-order valence-corrected chi connectivity index (χ0v) is 13.9. The fourth-order valence-corrected chi connectivity index (χ4v) is 2.16. The molecule has 0 saturated heterocycles. The predicted molar refractivity (Wildman–Crippen MR) is 87.3 cm³/mol. The van der Waals surface area contributed by atoms with Gasteiger partial charge in [0, 0.05) is 12.4 Å². The molecule has 2 aromatic rings. The molecular formula is C18H23NO4. The van der Waals surface area contributed by atoms with Crippen LogP contribution in [0.1, 0.15) is 37.4 Å². The Morgan fingerprint density at radius 2 is 1.70 bits per heavy atom. The lowest BCUT2D eigenvalue weighted by atomic mass is 9.88. The summed E-state index contributed by atoms with van der Waals surface area (Å²) >= 11 is 0. The number of carbonyl (C=O) groups is 1. The summed E-state index contributed by atoms with van der Waals surface area (Å²) in [4.78, 5) is 11.5. The molecule has 0 fully saturated rings. The van der Waals surface area contributed by atoms with Crippen LogP contribution in [-0.4, -0.2) is 28.9 Å². The minimum Gasteiger partial charge on any atom is -0.467 e. The number of hydrogen-bond acceptors (Lipinski definition) is 4. The Labute approximate surface area is 136 Å². The van der Waals surface area contributed by atoms with Crippen LogP contribution in [-0.2, 0) is 4.74 Å². The molecule has 0 bridgehead atoms. The van der Waals surface area contributed by atoms with Gasteiger partial charge in [-0.2, -0.15) is 0 Å². The molecule has 124 valence electrons. The van der Waals surface area contributed by atoms with Crippen LogP contribution in [0.3, 0.4) is 0 Å². The molecule has 5 nitrogen and oxygen atoms in total. The number of methoxy groups -OCH3 is 1. The van der Waals surface area contributed by atoms with Gasteiger partial charge in [-0.3, -0.25) is 0 Å². The molecule has 2 rings (SSSR count). The number of carbonyl (C=O) groups excluding carboxylic acids is 1. The van der Waals surface area contributed by atoms with Crippen molar-refractivity contribution >= 4 is 5.97 Å². The number of aliphatic hydroxyl groups excluding tert-OH is 1. The molecule has 0 aliphatic rings. The first-order valence-electron chi connectivity index (χ1n) is 7.48. The van der Waals surface area contributed by atoms with Crippen molar-refractivity contribution in [3.8, 4) is 5.75 Å². The molecule has 0 aliphatic heterocycles. The van der Waals surface area contributed by atoms with E-state index in [2.05, 4.69) is 4.74 Å². The summed E-state index contributed by atoms with van der Waals surface area (Å²) in [6.45, 7) is 5.87. The summed E-state index contributed by atoms with van der Waals surface area (Å²) in [7, 11) is 1.34. The average Bonchev–Trinajstić information content (AvgIpc) is 3.05. The summed E-state index contributed by atoms with van der Waals surface area (Å²) in [5.74, 6) is 0.174. The number of nitrogens with zero attached hydrogens (tertiary/aromatic N) is 1. The third-order valence-corrected chi connectivity index (χ3v) is 3.61. The van der Waals surface area contributed by atoms with Gasteiger partial charge in [0.15, 0.2) is 0 Å². The number of ether oxygens (including phenoxy) is 2. The normalized spacial score (nSPS) is 14.1. The van der Waals surface area contributed by atoms with Crippen LogP contribution in [0.25, 0.3) is 0 Å². The van der Waals surface area contributed by atoms with Crippen molar-refractivity contribution in [2.24, 2.45) is 5.41 Å². The summed E-state index contributed by atoms with van der Waals surface area (Å²) in [5.41, 5.74) is 0.106. The maximum Gasteiger partial charge on any atom is 0.337 e. The van der Waals surface area contributed by atoms with Gasteiger partial charge in [-0.15, -0.1) is 0 Å². The van der Waals surface area contributed by atoms with Crippen LogP contribution >= 0.6 is 0 Å². The smallest absolute Gasteiger partial charge is 0.337 e. The van der Waals surface area contributed by atoms with E-state index in [1.54, 1.807) is 24.3 Å². The molecule has 0 spiro atoms. The van der Waals surface area contributed by atoms with Crippen LogP contribution in [0, 0.1) is 5.41 Å². The van der Waals surface area contributed by atoms with Crippen molar-refractivity contribution < 1.29 is 19.4 Å². The van der Waals surface area contributed by atoms with Crippen molar-refractivity contribution in [3.05, 3.63) is 54.4 Å². The Bertz CT molecular complexity index is 626. The highest BCUT2D eigenvalue weighted by Crippen LogP contribution is 2.30. The number of aromatic nitrogens is 1. The minimum atomic E-state index is -0.713. The molecular weight excluding hydrogens is 294 g/mol. The van der Waals surface area contributed by atoms with Gasteiger partial charge in [0.05, 0.1) is 12.7 Å². The van der Waals surface area contributed by atoms with Crippen molar-refractivity contribution in [2.45, 2.75) is 33.1 Å². The average molecular weight is 317 g/mol. The lowest BCUT2D eigenvalue weighted by Crippen LogP contribution is -2.38. The largest absolute Gasteiger partial charge is 0.467 e. The summed E-state index contributed by atoms with van der Waals surface area (Å²) < 4.78 is 12.5. The Hall–Kier alpha value is -2.27. The maximum absolute atomic E-state index is 11.5. The molecule has 5 heteroatoms. The van der Waals surface area contributed by atoms with E-state index in [1.165, 1.54) is 7.11 Å². The highest BCUT2D eigenvalue weighted by Gasteiger charge is 2.33. The van der Waals surface area contributed by atoms with E-state index >= 15 is 0 Å². The van der Waals surface area contributed by atoms with Crippen LogP contribution in [0.15, 0.2) is 48.8 Å². The van der Waals surface area contributed by atoms with E-state index in [0.717, 1.165) is 0 Å². The van der Waals surface area contributed by atoms with Crippen LogP contribution < -0.4 is 4.74 Å². The van der Waals surface area contributed by atoms with Crippen LogP contribution in [0.5, 0.6) is 5.75 Å². The second-order valence-corrected chi connectivity index (χ2v) is 6.47. The van der Waals surface area contributed by atoms with Gasteiger partial charge >= 0.3 is 5.97 Å². The molecule has 0 amide bonds. The Morgan fingerprint density at radius 3 is 2.17 bits per heavy atom. The van der Waals surface area contributed by atoms with Gasteiger partial charge in [0.1, 0.15) is 11.9 Å². The van der Waals surface area contributed by atoms with Crippen LogP contribution in [0.2, 0.25) is 0 Å². The molecule has 2 unspecified atom stereocenters. The van der Waals surface area contributed by atoms with Crippen molar-refractivity contribution in [1.29, 1.82) is 0 Å². The Morgan fingerprint density at radius 1 is 1.13 bits per heavy atom. The van der Waals surface area contributed by atoms with Gasteiger partial charge < -0.3 is 19.1 Å². The SMILES string of the molecule is COC(=O)c1ccc(OC(C(O)C(C)(C)C)n2cccc2)cc1. The lowest BCUT2D eigenvalue weighted by molar-refractivity contribution is -0.0672. The minimum absolute atomic E-state index is 0.346. The summed E-state index contributed by atoms with van der Waals surface area (Å²) in [6, 6.07) is 10.4. The molecule has 2 atom stereocenters. The number of rotatable bonds is 5. The third kappa shape index (κ3) is 4.13. The van der Waals surface area contributed by atoms with Gasteiger partial charge in [0.25, 0.3) is 0 Å². The first-order valence-corrected chi connectivity index (χ1v) is 7.48. The van der Waals surface area contributed by atoms with Gasteiger partial charge in [-0.1, -0.05) is 20.8 Å². The maximum atomic E-state index is 11.5. The molecule has 0 radical (unpaired) electrons. The zero-order valence-electron chi connectivity index (χ0n) is 13.9. The molecule has 1 heterocycles. The van der Waals surface area contributed by atoms with E-state index < -0.39 is 18.3 Å². The standard InChI is InChI=1S/C18H23NO4/c1-18(2,3)15(20)16(19-11-5-6-12-19)23-14-9-7-13(8-10-14)17(21)22-4/h5-12,15-16,20H,1-4H3. The van der Waals surface area contributed by atoms with Crippen molar-refractivity contribution in [2.75, 3.05) is 7.11 Å². The third-order valence-electron chi connectivity index (χ3n) is 3.61. The molecule has 0 aliphatic carbocycles. The monoisotopic (exact) mass is 317 g/mol. The van der Waals surface area contributed by atoms with E-state index in [0.29, 0.717) is 11.3 Å². The molecule has 23 heavy (non-hydrogen) atoms. The van der Waals surface area contributed by atoms with E-state index in [4.69, 9.17) is 4.74 Å². The number of aliphatic hydroxyl groups is 1. The van der Waals surface area contributed by atoms with Crippen molar-refractivity contribution in [1.82, 2.24) is 4.57 Å². The fraction of sp³-hybridized carbons (Fsp3) is 0.389. The Kier molecular flexibility index (Phi) is 5.11. The van der Waals surface area contributed by atoms with Gasteiger partial charge in [0.2, 0.25) is 6.23 Å². The first-order chi connectivity index (χ1) is 10.8. The predicted octanol–water partition coefficient (Wildman–Crippen LogP) is 3.26. The fourth-order valence-electron chi connectivity index (χ4n) is 2.16. The Balaban J connectivity index is 2.23. The topological polar surface area (TPSA) is 60.7 Å². The van der Waals surface area contributed by atoms with E-state index in [1.807, 2.05) is 49.9 Å². The van der Waals surface area contributed by atoms with E-state index in [-0.39, 0.29) is 5.41 Å². The quantitative estimate of drug-likeness (QED) is 0.860. The number of hydrogen-bond donors (Lipinski definition) is 1. The number of esters is 1. The zero-order chi connectivity index (χ0) is 17.0. The second kappa shape index (κ2) is 6.87. The highest BCUT2D eigenvalue weighted by atomic mass is 16.5. The summed E-state index contributed by atoms with van der Waals surface area (Å²) in [5, 5.41) is 10.6. The molecule has 0 saturated carbocycles. The van der Waals surface area contributed by atoms with E-state index in [9.17, 15) is 9.90 Å². The lowest BCUT2D eigenvalue weighted by Gasteiger charge is -2.33. The number of benzene rings is 1. The second-order valence-electron chi connectivity index (χ2n) is 6.47. The van der Waals surface area contributed by atoms with Crippen LogP contribution in [0.4, 0.5) is 0 Å². The summed E-state index contributed by atoms with van der Waals surface area (Å²) in [6.07, 6.45) is 2.43. The highest BCUT2D eigenvalue weighted by molar-refractivity contribution is 5.89. The van der Waals surface area contributed by atoms with Gasteiger partial charge in [-0.05, 0) is 41.8 Å². The van der Waals surface area contributed by atoms with Crippen molar-refractivity contribution in [3.63, 3.8) is 0 Å². The molecule has 1 aromatic heterocycles. The molecule has 1 N–H and O–H groups in total.